The zero-order valence-corrected chi connectivity index (χ0v) is 16.9. The summed E-state index contributed by atoms with van der Waals surface area (Å²) in [4.78, 5) is 37.4. The molecule has 9 heteroatoms. The highest BCUT2D eigenvalue weighted by Gasteiger charge is 2.28. The molecule has 0 unspecified atom stereocenters. The van der Waals surface area contributed by atoms with E-state index < -0.39 is 17.8 Å². The number of hydrogen-bond acceptors (Lipinski definition) is 7. The average molecular weight is 393 g/mol. The van der Waals surface area contributed by atoms with Crippen LogP contribution in [0.2, 0.25) is 0 Å². The molecule has 0 atom stereocenters. The van der Waals surface area contributed by atoms with Gasteiger partial charge in [-0.25, -0.2) is 9.59 Å². The zero-order chi connectivity index (χ0) is 20.1. The lowest BCUT2D eigenvalue weighted by molar-refractivity contribution is 0.0506. The van der Waals surface area contributed by atoms with E-state index >= 15 is 0 Å². The maximum atomic E-state index is 12.7. The van der Waals surface area contributed by atoms with E-state index in [-0.39, 0.29) is 22.0 Å². The SMILES string of the molecule is CCCOC(=O)c1c(NC(=O)c2cn(CC)nc2C)sc(C(=O)OC)c1C. The van der Waals surface area contributed by atoms with Gasteiger partial charge in [-0.05, 0) is 32.8 Å². The van der Waals surface area contributed by atoms with Crippen molar-refractivity contribution < 1.29 is 23.9 Å². The fourth-order valence-electron chi connectivity index (χ4n) is 2.47. The van der Waals surface area contributed by atoms with Crippen LogP contribution >= 0.6 is 11.3 Å². The molecule has 0 aliphatic carbocycles. The summed E-state index contributed by atoms with van der Waals surface area (Å²) in [6, 6.07) is 0. The zero-order valence-electron chi connectivity index (χ0n) is 16.0. The molecule has 146 valence electrons. The Morgan fingerprint density at radius 3 is 2.48 bits per heavy atom. The van der Waals surface area contributed by atoms with Crippen molar-refractivity contribution in [1.82, 2.24) is 9.78 Å². The molecule has 1 N–H and O–H groups in total. The minimum Gasteiger partial charge on any atom is -0.465 e. The van der Waals surface area contributed by atoms with Crippen molar-refractivity contribution in [1.29, 1.82) is 0 Å². The van der Waals surface area contributed by atoms with Crippen LogP contribution in [0.3, 0.4) is 0 Å². The maximum Gasteiger partial charge on any atom is 0.348 e. The van der Waals surface area contributed by atoms with Gasteiger partial charge in [0, 0.05) is 12.7 Å². The minimum absolute atomic E-state index is 0.169. The molecule has 0 aliphatic rings. The van der Waals surface area contributed by atoms with Crippen molar-refractivity contribution in [2.24, 2.45) is 0 Å². The monoisotopic (exact) mass is 393 g/mol. The highest BCUT2D eigenvalue weighted by Crippen LogP contribution is 2.34. The molecule has 0 aliphatic heterocycles. The molecule has 2 aromatic rings. The number of esters is 2. The van der Waals surface area contributed by atoms with Crippen LogP contribution in [-0.2, 0) is 16.0 Å². The second-order valence-electron chi connectivity index (χ2n) is 5.83. The number of amides is 1. The first-order valence-corrected chi connectivity index (χ1v) is 9.39. The quantitative estimate of drug-likeness (QED) is 0.725. The summed E-state index contributed by atoms with van der Waals surface area (Å²) >= 11 is 0.987. The average Bonchev–Trinajstić information content (AvgIpc) is 3.18. The van der Waals surface area contributed by atoms with Gasteiger partial charge in [-0.1, -0.05) is 6.92 Å². The highest BCUT2D eigenvalue weighted by atomic mass is 32.1. The Morgan fingerprint density at radius 1 is 1.22 bits per heavy atom. The number of aryl methyl sites for hydroxylation is 2. The fraction of sp³-hybridized carbons (Fsp3) is 0.444. The summed E-state index contributed by atoms with van der Waals surface area (Å²) in [5.41, 5.74) is 1.56. The number of hydrogen-bond donors (Lipinski definition) is 1. The number of carbonyl (C=O) groups excluding carboxylic acids is 3. The molecule has 2 aromatic heterocycles. The summed E-state index contributed by atoms with van der Waals surface area (Å²) in [6.07, 6.45) is 2.30. The number of ether oxygens (including phenoxy) is 2. The van der Waals surface area contributed by atoms with Crippen LogP contribution in [-0.4, -0.2) is 41.3 Å². The fourth-order valence-corrected chi connectivity index (χ4v) is 3.58. The molecule has 2 heterocycles. The van der Waals surface area contributed by atoms with Crippen LogP contribution in [0.1, 0.15) is 61.9 Å². The standard InChI is InChI=1S/C18H23N3O5S/c1-6-8-26-17(23)13-10(3)14(18(24)25-5)27-16(13)19-15(22)12-9-21(7-2)20-11(12)4/h9H,6-8H2,1-5H3,(H,19,22). The summed E-state index contributed by atoms with van der Waals surface area (Å²) in [5, 5.41) is 7.22. The van der Waals surface area contributed by atoms with Gasteiger partial charge in [0.05, 0.1) is 30.5 Å². The molecule has 27 heavy (non-hydrogen) atoms. The third-order valence-corrected chi connectivity index (χ3v) is 5.09. The normalized spacial score (nSPS) is 10.6. The lowest BCUT2D eigenvalue weighted by atomic mass is 10.1. The smallest absolute Gasteiger partial charge is 0.348 e. The molecule has 0 radical (unpaired) electrons. The number of carbonyl (C=O) groups is 3. The van der Waals surface area contributed by atoms with Gasteiger partial charge in [-0.2, -0.15) is 5.10 Å². The van der Waals surface area contributed by atoms with Crippen LogP contribution in [0.5, 0.6) is 0 Å². The summed E-state index contributed by atoms with van der Waals surface area (Å²) < 4.78 is 11.6. The van der Waals surface area contributed by atoms with Crippen molar-refractivity contribution in [3.8, 4) is 0 Å². The maximum absolute atomic E-state index is 12.7. The molecule has 0 bridgehead atoms. The molecule has 1 amide bonds. The first-order valence-electron chi connectivity index (χ1n) is 8.58. The van der Waals surface area contributed by atoms with Crippen LogP contribution < -0.4 is 5.32 Å². The number of aromatic nitrogens is 2. The van der Waals surface area contributed by atoms with Gasteiger partial charge in [-0.15, -0.1) is 11.3 Å². The van der Waals surface area contributed by atoms with Crippen LogP contribution in [0.4, 0.5) is 5.00 Å². The topological polar surface area (TPSA) is 99.5 Å². The van der Waals surface area contributed by atoms with Crippen LogP contribution in [0.15, 0.2) is 6.20 Å². The van der Waals surface area contributed by atoms with E-state index in [1.54, 1.807) is 24.7 Å². The summed E-state index contributed by atoms with van der Waals surface area (Å²) in [6.45, 7) is 8.04. The largest absolute Gasteiger partial charge is 0.465 e. The Bertz CT molecular complexity index is 869. The van der Waals surface area contributed by atoms with E-state index in [1.165, 1.54) is 7.11 Å². The van der Waals surface area contributed by atoms with E-state index in [9.17, 15) is 14.4 Å². The van der Waals surface area contributed by atoms with Gasteiger partial charge in [0.2, 0.25) is 0 Å². The van der Waals surface area contributed by atoms with Crippen molar-refractivity contribution in [3.63, 3.8) is 0 Å². The second-order valence-corrected chi connectivity index (χ2v) is 6.85. The number of anilines is 1. The van der Waals surface area contributed by atoms with Crippen LogP contribution in [0.25, 0.3) is 0 Å². The second kappa shape index (κ2) is 8.81. The van der Waals surface area contributed by atoms with E-state index in [0.717, 1.165) is 11.3 Å². The number of nitrogens with zero attached hydrogens (tertiary/aromatic N) is 2. The minimum atomic E-state index is -0.586. The van der Waals surface area contributed by atoms with E-state index in [2.05, 4.69) is 10.4 Å². The summed E-state index contributed by atoms with van der Waals surface area (Å²) in [5.74, 6) is -1.57. The molecule has 2 rings (SSSR count). The Balaban J connectivity index is 2.41. The lowest BCUT2D eigenvalue weighted by Gasteiger charge is -2.07. The molecule has 0 saturated carbocycles. The van der Waals surface area contributed by atoms with Gasteiger partial charge in [-0.3, -0.25) is 9.48 Å². The predicted octanol–water partition coefficient (Wildman–Crippen LogP) is 3.19. The third-order valence-electron chi connectivity index (χ3n) is 3.90. The number of rotatable bonds is 7. The lowest BCUT2D eigenvalue weighted by Crippen LogP contribution is -2.15. The van der Waals surface area contributed by atoms with Crippen molar-refractivity contribution in [3.05, 3.63) is 33.5 Å². The number of nitrogens with one attached hydrogen (secondary N) is 1. The number of thiophene rings is 1. The van der Waals surface area contributed by atoms with Gasteiger partial charge in [0.25, 0.3) is 5.91 Å². The summed E-state index contributed by atoms with van der Waals surface area (Å²) in [7, 11) is 1.26. The highest BCUT2D eigenvalue weighted by molar-refractivity contribution is 7.18. The van der Waals surface area contributed by atoms with Gasteiger partial charge < -0.3 is 14.8 Å². The Morgan fingerprint density at radius 2 is 1.93 bits per heavy atom. The molecule has 0 aromatic carbocycles. The predicted molar refractivity (Wildman–Crippen MR) is 102 cm³/mol. The first kappa shape index (κ1) is 20.6. The van der Waals surface area contributed by atoms with Crippen molar-refractivity contribution in [2.45, 2.75) is 40.7 Å². The molecular weight excluding hydrogens is 370 g/mol. The van der Waals surface area contributed by atoms with E-state index in [4.69, 9.17) is 9.47 Å². The number of methoxy groups -OCH3 is 1. The molecule has 0 fully saturated rings. The Hall–Kier alpha value is -2.68. The molecule has 0 spiro atoms. The van der Waals surface area contributed by atoms with E-state index in [1.807, 2.05) is 13.8 Å². The van der Waals surface area contributed by atoms with E-state index in [0.29, 0.717) is 29.8 Å². The molecular formula is C18H23N3O5S. The Labute approximate surface area is 161 Å². The molecule has 8 nitrogen and oxygen atoms in total. The van der Waals surface area contributed by atoms with Gasteiger partial charge >= 0.3 is 11.9 Å². The van der Waals surface area contributed by atoms with Crippen molar-refractivity contribution in [2.75, 3.05) is 19.0 Å². The third kappa shape index (κ3) is 4.36. The van der Waals surface area contributed by atoms with Crippen LogP contribution in [0, 0.1) is 13.8 Å². The first-order chi connectivity index (χ1) is 12.8. The molecule has 0 saturated heterocycles. The van der Waals surface area contributed by atoms with Gasteiger partial charge in [0.15, 0.2) is 0 Å². The van der Waals surface area contributed by atoms with Crippen molar-refractivity contribution >= 4 is 34.2 Å². The Kier molecular flexibility index (Phi) is 6.73. The van der Waals surface area contributed by atoms with Gasteiger partial charge in [0.1, 0.15) is 9.88 Å².